The molecule has 0 spiro atoms. The third-order valence-electron chi connectivity index (χ3n) is 20.8. The van der Waals surface area contributed by atoms with Gasteiger partial charge in [-0.2, -0.15) is 0 Å². The number of aromatic nitrogens is 10. The number of carbonyl (C=O) groups is 6. The Morgan fingerprint density at radius 2 is 0.909 bits per heavy atom. The predicted octanol–water partition coefficient (Wildman–Crippen LogP) is 22.4. The Hall–Kier alpha value is -11.3. The topological polar surface area (TPSA) is 406 Å². The molecule has 0 radical (unpaired) electrons. The maximum atomic E-state index is 14.2. The van der Waals surface area contributed by atoms with Crippen LogP contribution >= 0.6 is 104 Å². The molecule has 15 heterocycles. The number of amides is 1. The fourth-order valence-corrected chi connectivity index (χ4v) is 14.8. The normalized spacial score (nSPS) is 12.4. The summed E-state index contributed by atoms with van der Waals surface area (Å²) in [5.74, 6) is 0.944. The molecule has 5 aliphatic rings. The first-order chi connectivity index (χ1) is 66.4. The Morgan fingerprint density at radius 1 is 0.462 bits per heavy atom. The van der Waals surface area contributed by atoms with E-state index in [1.807, 2.05) is 57.7 Å². The van der Waals surface area contributed by atoms with E-state index in [0.29, 0.717) is 135 Å². The van der Waals surface area contributed by atoms with Crippen molar-refractivity contribution in [1.82, 2.24) is 69.4 Å². The summed E-state index contributed by atoms with van der Waals surface area (Å²) in [5, 5.41) is 31.7. The maximum Gasteiger partial charge on any atom is 0.340 e. The van der Waals surface area contributed by atoms with Gasteiger partial charge in [0.15, 0.2) is 17.3 Å². The van der Waals surface area contributed by atoms with E-state index in [2.05, 4.69) is 117 Å². The molecule has 12 aromatic rings. The number of nitrogens with zero attached hydrogens (tertiary/aromatic N) is 14. The van der Waals surface area contributed by atoms with Gasteiger partial charge in [-0.1, -0.05) is 135 Å². The minimum Gasteiger partial charge on any atom is -0.497 e. The maximum absolute atomic E-state index is 14.2. The van der Waals surface area contributed by atoms with Gasteiger partial charge in [0.25, 0.3) is 11.1 Å². The number of esters is 1. The van der Waals surface area contributed by atoms with Gasteiger partial charge in [-0.15, -0.1) is 0 Å². The van der Waals surface area contributed by atoms with Gasteiger partial charge in [-0.05, 0) is 215 Å². The van der Waals surface area contributed by atoms with Crippen LogP contribution in [-0.4, -0.2) is 172 Å². The summed E-state index contributed by atoms with van der Waals surface area (Å²) in [6.45, 7) is 28.0. The summed E-state index contributed by atoms with van der Waals surface area (Å²) in [4.78, 5) is 115. The van der Waals surface area contributed by atoms with Crippen LogP contribution in [0.15, 0.2) is 165 Å². The van der Waals surface area contributed by atoms with E-state index in [1.54, 1.807) is 42.3 Å². The Kier molecular flexibility index (Phi) is 53.0. The van der Waals surface area contributed by atoms with Crippen LogP contribution in [0.5, 0.6) is 17.2 Å². The number of nitrogens with two attached hydrogens (primary N) is 2. The number of pyridine rings is 10. The van der Waals surface area contributed by atoms with Crippen molar-refractivity contribution in [3.05, 3.63) is 318 Å². The minimum atomic E-state index is -0.748. The number of ketones is 3. The van der Waals surface area contributed by atoms with Crippen LogP contribution in [0.25, 0.3) is 11.3 Å². The van der Waals surface area contributed by atoms with E-state index in [1.165, 1.54) is 148 Å². The molecular weight excluding hydrogens is 2030 g/mol. The second-order valence-corrected chi connectivity index (χ2v) is 35.7. The molecule has 5 aliphatic heterocycles. The summed E-state index contributed by atoms with van der Waals surface area (Å²) in [6.07, 6.45) is 14.2. The van der Waals surface area contributed by atoms with Crippen molar-refractivity contribution in [1.29, 1.82) is 0 Å². The summed E-state index contributed by atoms with van der Waals surface area (Å²) in [7, 11) is 6.48. The second kappa shape index (κ2) is 61.1. The number of rotatable bonds is 17. The Morgan fingerprint density at radius 3 is 1.39 bits per heavy atom. The molecule has 10 aromatic heterocycles. The van der Waals surface area contributed by atoms with Gasteiger partial charge >= 0.3 is 5.97 Å². The number of aliphatic hydroxyl groups excluding tert-OH is 3. The van der Waals surface area contributed by atoms with Crippen LogP contribution in [0, 0.1) is 11.6 Å². The lowest BCUT2D eigenvalue weighted by Gasteiger charge is -2.18. The second-order valence-electron chi connectivity index (χ2n) is 32.3. The highest BCUT2D eigenvalue weighted by Crippen LogP contribution is 2.37. The number of anilines is 2. The molecule has 8 N–H and O–H groups in total. The Labute approximate surface area is 878 Å². The monoisotopic (exact) mass is 2140 g/mol. The zero-order valence-corrected chi connectivity index (χ0v) is 86.2. The number of nitrogens with one attached hydrogen (secondary N) is 1. The van der Waals surface area contributed by atoms with Crippen LogP contribution in [0.2, 0.25) is 41.1 Å². The number of nitrogen functional groups attached to an aromatic ring is 1. The number of aliphatic hydroxyl groups is 3. The summed E-state index contributed by atoms with van der Waals surface area (Å²) < 4.78 is 48.6. The molecule has 768 valence electrons. The molecule has 0 aliphatic carbocycles. The van der Waals surface area contributed by atoms with Crippen molar-refractivity contribution in [3.63, 3.8) is 0 Å². The minimum absolute atomic E-state index is 0. The molecule has 143 heavy (non-hydrogen) atoms. The number of Topliss-reactive ketones (excluding diaryl/α,β-unsaturated/α-hetero) is 3. The van der Waals surface area contributed by atoms with E-state index in [0.717, 1.165) is 68.3 Å². The molecular formula is C102H120Cl9F2N17O13. The number of cyclic esters (lactones) is 1. The molecule has 30 nitrogen and oxygen atoms in total. The third kappa shape index (κ3) is 38.3. The summed E-state index contributed by atoms with van der Waals surface area (Å²) in [6, 6.07) is 30.9. The van der Waals surface area contributed by atoms with Crippen molar-refractivity contribution in [3.8, 4) is 28.5 Å². The van der Waals surface area contributed by atoms with Crippen molar-refractivity contribution in [2.24, 2.45) is 5.73 Å². The molecule has 0 fully saturated rings. The van der Waals surface area contributed by atoms with E-state index >= 15 is 0 Å². The van der Waals surface area contributed by atoms with Crippen LogP contribution < -0.4 is 31.0 Å². The highest BCUT2D eigenvalue weighted by atomic mass is 35.5. The zero-order chi connectivity index (χ0) is 103. The molecule has 41 heteroatoms. The third-order valence-corrected chi connectivity index (χ3v) is 22.8. The van der Waals surface area contributed by atoms with E-state index in [-0.39, 0.29) is 111 Å². The molecule has 0 unspecified atom stereocenters. The van der Waals surface area contributed by atoms with Gasteiger partial charge in [-0.3, -0.25) is 38.7 Å². The smallest absolute Gasteiger partial charge is 0.340 e. The fourth-order valence-electron chi connectivity index (χ4n) is 13.3. The average Bonchev–Trinajstić information content (AvgIpc) is 1.62. The zero-order valence-electron chi connectivity index (χ0n) is 79.4. The lowest BCUT2D eigenvalue weighted by Crippen LogP contribution is -2.24. The SMILES string of the molecule is C.C.C.CC(=O)c1ccc(Cl)nc1.CC(=O)c1cnc(Cl)cc1CO.CC(C)N.CC(C)N1Cc2cnc(Cl)cc2C1.CC(C)N1Cc2cnc(N)cc2C1.CNc1cc2c(cn1)CN(C(C)C)C2.COc1cc(Cl)ncc1C(C)=O.COc1ccc(CN2Cc3nc(-c4c(F)cccc4F)cc(Cl)c3C2=O)c(OC)c1.O=C(Cl)c1ccc(Cl)nc1.O=C1OCc2cc(Cl)ncc21.OCc1cnc(Cl)cc1CO. The highest BCUT2D eigenvalue weighted by molar-refractivity contribution is 6.67. The van der Waals surface area contributed by atoms with Crippen molar-refractivity contribution in [2.45, 2.75) is 201 Å². The first kappa shape index (κ1) is 124. The van der Waals surface area contributed by atoms with Gasteiger partial charge < -0.3 is 56.0 Å². The van der Waals surface area contributed by atoms with Crippen LogP contribution in [0.4, 0.5) is 20.4 Å². The van der Waals surface area contributed by atoms with E-state index < -0.39 is 16.9 Å². The Balaban J connectivity index is 0.000000337. The van der Waals surface area contributed by atoms with Gasteiger partial charge in [0, 0.05) is 160 Å². The highest BCUT2D eigenvalue weighted by Gasteiger charge is 2.34. The van der Waals surface area contributed by atoms with Crippen LogP contribution in [-0.2, 0) is 83.5 Å². The van der Waals surface area contributed by atoms with Crippen molar-refractivity contribution < 1.29 is 71.8 Å². The molecule has 1 amide bonds. The van der Waals surface area contributed by atoms with Gasteiger partial charge in [-0.25, -0.2) is 63.4 Å². The number of hydrogen-bond acceptors (Lipinski definition) is 29. The summed E-state index contributed by atoms with van der Waals surface area (Å²) >= 11 is 50.5. The van der Waals surface area contributed by atoms with Crippen LogP contribution in [0.3, 0.4) is 0 Å². The standard InChI is InChI=1S/C22H17ClF2N2O3.C11H17N3.C10H13ClN2.C10H15N3.2C8H8ClNO2.C7H4ClNO2.C7H8ClNO2.C7H6ClNO.C6H3Cl2NO.C3H9N.3CH4/c1-29-13-7-6-12(19(8-13)30-2)10-27-11-18-20(22(27)28)14(23)9-17(26-18)21-15(24)4-3-5-16(21)25;1-8(2)14-6-9-4-11(12-3)13-5-10(9)7-14;2*1-7(2)13-5-8-3-10(11)12-4-9(8)6-13;1-5(11)6-4-10-8(9)3-7(6)12-2;1-5(12)7-3-10-8(9)2-6(7)4-11;8-6-1-4-3-11-7(10)5(4)2-9-6;8-7-1-5(3-10)6(4-11)2-9-7;1-5(10)6-2-3-7(8)9-4-6;7-5-2-1-4(3-9-5)6(8)10;1-3(2)4;;;/h3-9H,10-11H2,1-2H3;4-5,8H,6-7H2,1-3H3,(H,12,13);3-4,7H,5-6H2,1-2H3;3-4,7H,5-6H2,1-2H3,(H2,11,12);3-4H,1-2H3;2-3,11H,4H2,1H3;1-2H,3H2;1-2,10-11H,3-4H2;2-4H,1H3;1-3H;3H,4H2,1-2H3;3*1H4. The quantitative estimate of drug-likeness (QED) is 0.0213. The number of carbonyl (C=O) groups excluding carboxylic acids is 6. The molecule has 17 rings (SSSR count). The first-order valence-electron chi connectivity index (χ1n) is 43.1. The number of hydrogen-bond donors (Lipinski definition) is 6. The largest absolute Gasteiger partial charge is 0.497 e. The number of benzene rings is 2. The predicted molar refractivity (Wildman–Crippen MR) is 561 cm³/mol. The number of halogens is 11. The molecule has 0 bridgehead atoms. The van der Waals surface area contributed by atoms with Gasteiger partial charge in [0.1, 0.15) is 83.2 Å². The van der Waals surface area contributed by atoms with Gasteiger partial charge in [0.2, 0.25) is 0 Å². The average molecular weight is 2150 g/mol. The fraction of sp³-hybridized carbons (Fsp3) is 0.333. The van der Waals surface area contributed by atoms with Crippen molar-refractivity contribution in [2.75, 3.05) is 39.4 Å². The van der Waals surface area contributed by atoms with E-state index in [9.17, 15) is 37.5 Å². The molecule has 0 saturated carbocycles. The summed E-state index contributed by atoms with van der Waals surface area (Å²) in [5.41, 5.74) is 24.9. The van der Waals surface area contributed by atoms with Gasteiger partial charge in [0.05, 0.1) is 98.5 Å². The lowest BCUT2D eigenvalue weighted by atomic mass is 10.1. The lowest BCUT2D eigenvalue weighted by molar-refractivity contribution is 0.0534. The molecule has 0 saturated heterocycles. The number of fused-ring (bicyclic) bond motifs is 5. The molecule has 0 atom stereocenters. The molecule has 2 aromatic carbocycles. The number of methoxy groups -OCH3 is 3. The first-order valence-corrected chi connectivity index (χ1v) is 46.5. The van der Waals surface area contributed by atoms with Crippen LogP contribution in [0.1, 0.15) is 227 Å². The van der Waals surface area contributed by atoms with Crippen molar-refractivity contribution >= 4 is 151 Å². The van der Waals surface area contributed by atoms with E-state index in [4.69, 9.17) is 150 Å². The Bertz CT molecular complexity index is 6040. The number of ether oxygens (including phenoxy) is 4.